The Bertz CT molecular complexity index is 983. The topological polar surface area (TPSA) is 63.7 Å². The maximum Gasteiger partial charge on any atom is 0.254 e. The average molecular weight is 444 g/mol. The number of unbranched alkanes of at least 4 members (excludes halogenated alkanes) is 1. The first-order valence-electron chi connectivity index (χ1n) is 11.1. The van der Waals surface area contributed by atoms with E-state index in [4.69, 9.17) is 4.74 Å². The Morgan fingerprint density at radius 1 is 1.16 bits per heavy atom. The molecule has 5 nitrogen and oxygen atoms in total. The summed E-state index contributed by atoms with van der Waals surface area (Å²) < 4.78 is 30.0. The number of amides is 1. The lowest BCUT2D eigenvalue weighted by molar-refractivity contribution is 0.0680. The minimum atomic E-state index is -3.11. The van der Waals surface area contributed by atoms with E-state index in [1.807, 2.05) is 24.3 Å². The molecule has 0 saturated carbocycles. The van der Waals surface area contributed by atoms with Crippen molar-refractivity contribution in [1.82, 2.24) is 4.90 Å². The second-order valence-corrected chi connectivity index (χ2v) is 10.8. The van der Waals surface area contributed by atoms with E-state index in [0.717, 1.165) is 18.4 Å². The predicted molar refractivity (Wildman–Crippen MR) is 124 cm³/mol. The van der Waals surface area contributed by atoms with Gasteiger partial charge in [-0.3, -0.25) is 4.79 Å². The highest BCUT2D eigenvalue weighted by molar-refractivity contribution is 7.91. The van der Waals surface area contributed by atoms with Crippen molar-refractivity contribution in [2.75, 3.05) is 18.1 Å². The van der Waals surface area contributed by atoms with Crippen molar-refractivity contribution >= 4 is 15.7 Å². The number of hydrogen-bond donors (Lipinski definition) is 0. The van der Waals surface area contributed by atoms with Gasteiger partial charge in [-0.15, -0.1) is 0 Å². The molecule has 1 saturated heterocycles. The van der Waals surface area contributed by atoms with Crippen LogP contribution in [0.2, 0.25) is 0 Å². The van der Waals surface area contributed by atoms with Crippen LogP contribution < -0.4 is 4.74 Å². The molecular weight excluding hydrogens is 410 g/mol. The number of ether oxygens (including phenoxy) is 1. The van der Waals surface area contributed by atoms with Crippen LogP contribution in [0.25, 0.3) is 0 Å². The summed E-state index contributed by atoms with van der Waals surface area (Å²) in [4.78, 5) is 15.2. The standard InChI is InChI=1S/C25H33NO4S/c1-4-5-14-30-24-8-6-7-22(16-24)25(27)26(23-13-15-31(28,29)18-23)17-20-9-11-21(12-10-20)19(2)3/h6-12,16,19,23H,4-5,13-15,17-18H2,1-3H3/t23-/m1/s1. The van der Waals surface area contributed by atoms with E-state index >= 15 is 0 Å². The maximum atomic E-state index is 13.5. The molecule has 3 rings (SSSR count). The van der Waals surface area contributed by atoms with E-state index < -0.39 is 9.84 Å². The first kappa shape index (κ1) is 23.3. The molecule has 0 radical (unpaired) electrons. The van der Waals surface area contributed by atoms with Crippen LogP contribution in [0, 0.1) is 0 Å². The third kappa shape index (κ3) is 6.33. The van der Waals surface area contributed by atoms with E-state index in [9.17, 15) is 13.2 Å². The number of nitrogens with zero attached hydrogens (tertiary/aromatic N) is 1. The highest BCUT2D eigenvalue weighted by Gasteiger charge is 2.35. The van der Waals surface area contributed by atoms with Gasteiger partial charge in [0.15, 0.2) is 9.84 Å². The summed E-state index contributed by atoms with van der Waals surface area (Å²) in [6.07, 6.45) is 2.47. The van der Waals surface area contributed by atoms with Crippen LogP contribution in [0.1, 0.15) is 67.4 Å². The Hall–Kier alpha value is -2.34. The van der Waals surface area contributed by atoms with Gasteiger partial charge in [0, 0.05) is 18.2 Å². The number of benzene rings is 2. The monoisotopic (exact) mass is 443 g/mol. The fraction of sp³-hybridized carbons (Fsp3) is 0.480. The molecule has 6 heteroatoms. The van der Waals surface area contributed by atoms with Crippen molar-refractivity contribution in [3.63, 3.8) is 0 Å². The largest absolute Gasteiger partial charge is 0.494 e. The molecule has 31 heavy (non-hydrogen) atoms. The molecule has 2 aromatic rings. The van der Waals surface area contributed by atoms with Crippen LogP contribution in [-0.2, 0) is 16.4 Å². The van der Waals surface area contributed by atoms with E-state index in [-0.39, 0.29) is 23.5 Å². The van der Waals surface area contributed by atoms with Crippen molar-refractivity contribution in [1.29, 1.82) is 0 Å². The van der Waals surface area contributed by atoms with Gasteiger partial charge in [-0.1, -0.05) is 57.5 Å². The van der Waals surface area contributed by atoms with Crippen molar-refractivity contribution in [2.24, 2.45) is 0 Å². The molecule has 0 unspecified atom stereocenters. The smallest absolute Gasteiger partial charge is 0.254 e. The lowest BCUT2D eigenvalue weighted by Gasteiger charge is -2.29. The van der Waals surface area contributed by atoms with Crippen LogP contribution in [0.15, 0.2) is 48.5 Å². The molecule has 1 atom stereocenters. The zero-order valence-corrected chi connectivity index (χ0v) is 19.5. The summed E-state index contributed by atoms with van der Waals surface area (Å²) in [6, 6.07) is 15.1. The van der Waals surface area contributed by atoms with Crippen molar-refractivity contribution in [2.45, 2.75) is 58.5 Å². The normalized spacial score (nSPS) is 17.6. The Labute approximate surface area is 186 Å². The molecule has 0 spiro atoms. The third-order valence-electron chi connectivity index (χ3n) is 5.76. The zero-order valence-electron chi connectivity index (χ0n) is 18.7. The fourth-order valence-electron chi connectivity index (χ4n) is 3.81. The minimum absolute atomic E-state index is 0.0233. The van der Waals surface area contributed by atoms with Crippen LogP contribution in [0.5, 0.6) is 5.75 Å². The highest BCUT2D eigenvalue weighted by atomic mass is 32.2. The van der Waals surface area contributed by atoms with Gasteiger partial charge >= 0.3 is 0 Å². The van der Waals surface area contributed by atoms with Crippen molar-refractivity contribution in [3.05, 3.63) is 65.2 Å². The van der Waals surface area contributed by atoms with Gasteiger partial charge in [-0.2, -0.15) is 0 Å². The first-order valence-corrected chi connectivity index (χ1v) is 12.9. The first-order chi connectivity index (χ1) is 14.8. The number of carbonyl (C=O) groups is 1. The molecule has 0 aliphatic carbocycles. The lowest BCUT2D eigenvalue weighted by Crippen LogP contribution is -2.40. The molecule has 2 aromatic carbocycles. The molecule has 1 fully saturated rings. The van der Waals surface area contributed by atoms with Crippen molar-refractivity contribution in [3.8, 4) is 5.75 Å². The van der Waals surface area contributed by atoms with Gasteiger partial charge in [-0.25, -0.2) is 8.42 Å². The quantitative estimate of drug-likeness (QED) is 0.521. The van der Waals surface area contributed by atoms with E-state index in [1.54, 1.807) is 17.0 Å². The lowest BCUT2D eigenvalue weighted by atomic mass is 10.0. The predicted octanol–water partition coefficient (Wildman–Crippen LogP) is 4.82. The molecule has 1 aliphatic heterocycles. The summed E-state index contributed by atoms with van der Waals surface area (Å²) in [5.41, 5.74) is 2.76. The Morgan fingerprint density at radius 3 is 2.52 bits per heavy atom. The van der Waals surface area contributed by atoms with Gasteiger partial charge in [0.2, 0.25) is 0 Å². The van der Waals surface area contributed by atoms with Gasteiger partial charge in [-0.05, 0) is 48.1 Å². The number of rotatable bonds is 9. The van der Waals surface area contributed by atoms with E-state index in [1.165, 1.54) is 5.56 Å². The minimum Gasteiger partial charge on any atom is -0.494 e. The molecule has 1 heterocycles. The fourth-order valence-corrected chi connectivity index (χ4v) is 5.54. The zero-order chi connectivity index (χ0) is 22.4. The second-order valence-electron chi connectivity index (χ2n) is 8.62. The molecular formula is C25H33NO4S. The Balaban J connectivity index is 1.84. The molecule has 0 N–H and O–H groups in total. The summed E-state index contributed by atoms with van der Waals surface area (Å²) in [7, 11) is -3.11. The Kier molecular flexibility index (Phi) is 7.76. The SMILES string of the molecule is CCCCOc1cccc(C(=O)N(Cc2ccc(C(C)C)cc2)[C@@H]2CCS(=O)(=O)C2)c1. The van der Waals surface area contributed by atoms with Crippen LogP contribution in [-0.4, -0.2) is 43.4 Å². The number of hydrogen-bond acceptors (Lipinski definition) is 4. The summed E-state index contributed by atoms with van der Waals surface area (Å²) in [6.45, 7) is 7.39. The van der Waals surface area contributed by atoms with Crippen LogP contribution >= 0.6 is 0 Å². The summed E-state index contributed by atoms with van der Waals surface area (Å²) in [5.74, 6) is 1.10. The summed E-state index contributed by atoms with van der Waals surface area (Å²) in [5, 5.41) is 0. The number of carbonyl (C=O) groups excluding carboxylic acids is 1. The second kappa shape index (κ2) is 10.3. The Morgan fingerprint density at radius 2 is 1.90 bits per heavy atom. The third-order valence-corrected chi connectivity index (χ3v) is 7.51. The van der Waals surface area contributed by atoms with Gasteiger partial charge in [0.05, 0.1) is 18.1 Å². The molecule has 1 aliphatic rings. The van der Waals surface area contributed by atoms with Crippen LogP contribution in [0.4, 0.5) is 0 Å². The molecule has 168 valence electrons. The molecule has 0 bridgehead atoms. The maximum absolute atomic E-state index is 13.5. The number of sulfone groups is 1. The van der Waals surface area contributed by atoms with Gasteiger partial charge in [0.1, 0.15) is 5.75 Å². The summed E-state index contributed by atoms with van der Waals surface area (Å²) >= 11 is 0. The van der Waals surface area contributed by atoms with Crippen molar-refractivity contribution < 1.29 is 17.9 Å². The van der Waals surface area contributed by atoms with Crippen LogP contribution in [0.3, 0.4) is 0 Å². The molecule has 0 aromatic heterocycles. The van der Waals surface area contributed by atoms with Gasteiger partial charge < -0.3 is 9.64 Å². The van der Waals surface area contributed by atoms with E-state index in [2.05, 4.69) is 32.9 Å². The van der Waals surface area contributed by atoms with E-state index in [0.29, 0.717) is 36.8 Å². The molecule has 1 amide bonds. The average Bonchev–Trinajstić information content (AvgIpc) is 3.11. The van der Waals surface area contributed by atoms with Gasteiger partial charge in [0.25, 0.3) is 5.91 Å². The highest BCUT2D eigenvalue weighted by Crippen LogP contribution is 2.25.